The van der Waals surface area contributed by atoms with E-state index in [1.165, 1.54) is 22.5 Å². The van der Waals surface area contributed by atoms with E-state index >= 15 is 0 Å². The van der Waals surface area contributed by atoms with Gasteiger partial charge < -0.3 is 15.1 Å². The minimum absolute atomic E-state index is 0.0217. The highest BCUT2D eigenvalue weighted by Crippen LogP contribution is 2.28. The molecule has 1 aromatic heterocycles. The van der Waals surface area contributed by atoms with E-state index < -0.39 is 6.04 Å². The first-order valence-electron chi connectivity index (χ1n) is 13.3. The first kappa shape index (κ1) is 25.6. The molecule has 6 nitrogen and oxygen atoms in total. The number of rotatable bonds is 8. The summed E-state index contributed by atoms with van der Waals surface area (Å²) in [5.74, 6) is 0.0744. The molecule has 2 aliphatic heterocycles. The standard InChI is InChI=1S/C30H36N4O2S/c35-29(32-17-8-15-31-16-19-32)27-21-26(23-34(27)30(36)28-13-7-20-37-28)33(22-25-11-5-2-6-12-25)18-14-24-9-3-1-4-10-24/h1-7,9-13,20,26-27,31H,8,14-19,21-23H2. The van der Waals surface area contributed by atoms with Crippen LogP contribution in [0.3, 0.4) is 0 Å². The third-order valence-electron chi connectivity index (χ3n) is 7.48. The van der Waals surface area contributed by atoms with Gasteiger partial charge in [0.2, 0.25) is 5.91 Å². The van der Waals surface area contributed by atoms with Gasteiger partial charge in [0.25, 0.3) is 5.91 Å². The number of carbonyl (C=O) groups is 2. The number of amides is 2. The first-order valence-corrected chi connectivity index (χ1v) is 14.2. The van der Waals surface area contributed by atoms with Crippen molar-refractivity contribution >= 4 is 23.2 Å². The number of nitrogens with one attached hydrogen (secondary N) is 1. The monoisotopic (exact) mass is 516 g/mol. The van der Waals surface area contributed by atoms with Crippen molar-refractivity contribution in [1.29, 1.82) is 0 Å². The molecule has 0 saturated carbocycles. The van der Waals surface area contributed by atoms with Crippen LogP contribution in [0.5, 0.6) is 0 Å². The minimum Gasteiger partial charge on any atom is -0.340 e. The lowest BCUT2D eigenvalue weighted by atomic mass is 10.1. The van der Waals surface area contributed by atoms with Crippen LogP contribution in [-0.2, 0) is 17.8 Å². The third kappa shape index (κ3) is 6.47. The smallest absolute Gasteiger partial charge is 0.264 e. The Balaban J connectivity index is 1.39. The summed E-state index contributed by atoms with van der Waals surface area (Å²) < 4.78 is 0. The van der Waals surface area contributed by atoms with Crippen LogP contribution in [0.1, 0.15) is 33.6 Å². The van der Waals surface area contributed by atoms with Crippen molar-refractivity contribution in [3.8, 4) is 0 Å². The first-order chi connectivity index (χ1) is 18.2. The SMILES string of the molecule is O=C(C1CC(N(CCc2ccccc2)Cc2ccccc2)CN1C(=O)c1cccs1)N1CCCNCC1. The maximum absolute atomic E-state index is 13.8. The highest BCUT2D eigenvalue weighted by atomic mass is 32.1. The third-order valence-corrected chi connectivity index (χ3v) is 8.34. The number of nitrogens with zero attached hydrogens (tertiary/aromatic N) is 3. The fraction of sp³-hybridized carbons (Fsp3) is 0.400. The van der Waals surface area contributed by atoms with Crippen LogP contribution in [0, 0.1) is 0 Å². The molecule has 0 aliphatic carbocycles. The number of likely N-dealkylation sites (tertiary alicyclic amines) is 1. The molecule has 3 aromatic rings. The summed E-state index contributed by atoms with van der Waals surface area (Å²) >= 11 is 1.45. The molecular formula is C30H36N4O2S. The highest BCUT2D eigenvalue weighted by Gasteiger charge is 2.43. The van der Waals surface area contributed by atoms with Crippen LogP contribution in [0.15, 0.2) is 78.2 Å². The predicted octanol–water partition coefficient (Wildman–Crippen LogP) is 3.90. The van der Waals surface area contributed by atoms with E-state index in [1.807, 2.05) is 39.4 Å². The quantitative estimate of drug-likeness (QED) is 0.494. The van der Waals surface area contributed by atoms with Gasteiger partial charge in [0, 0.05) is 45.3 Å². The van der Waals surface area contributed by atoms with E-state index in [9.17, 15) is 9.59 Å². The van der Waals surface area contributed by atoms with Crippen LogP contribution in [0.2, 0.25) is 0 Å². The Kier molecular flexibility index (Phi) is 8.66. The molecule has 2 atom stereocenters. The molecule has 5 rings (SSSR count). The van der Waals surface area contributed by atoms with Crippen molar-refractivity contribution in [2.45, 2.75) is 37.9 Å². The second-order valence-electron chi connectivity index (χ2n) is 9.96. The Hall–Kier alpha value is -3.00. The molecule has 1 N–H and O–H groups in total. The lowest BCUT2D eigenvalue weighted by Crippen LogP contribution is -2.48. The number of carbonyl (C=O) groups excluding carboxylic acids is 2. The molecular weight excluding hydrogens is 480 g/mol. The summed E-state index contributed by atoms with van der Waals surface area (Å²) in [7, 11) is 0. The number of hydrogen-bond donors (Lipinski definition) is 1. The van der Waals surface area contributed by atoms with Gasteiger partial charge in [0.05, 0.1) is 4.88 Å². The second-order valence-corrected chi connectivity index (χ2v) is 10.9. The molecule has 2 unspecified atom stereocenters. The Morgan fingerprint density at radius 2 is 1.68 bits per heavy atom. The van der Waals surface area contributed by atoms with Crippen LogP contribution >= 0.6 is 11.3 Å². The zero-order valence-electron chi connectivity index (χ0n) is 21.3. The molecule has 2 fully saturated rings. The Morgan fingerprint density at radius 3 is 2.41 bits per heavy atom. The number of thiophene rings is 1. The molecule has 0 spiro atoms. The topological polar surface area (TPSA) is 55.9 Å². The van der Waals surface area contributed by atoms with Crippen LogP contribution in [-0.4, -0.2) is 77.9 Å². The van der Waals surface area contributed by atoms with E-state index in [2.05, 4.69) is 58.7 Å². The molecule has 0 bridgehead atoms. The maximum atomic E-state index is 13.8. The van der Waals surface area contributed by atoms with Crippen molar-refractivity contribution in [2.75, 3.05) is 39.3 Å². The molecule has 0 radical (unpaired) electrons. The number of hydrogen-bond acceptors (Lipinski definition) is 5. The summed E-state index contributed by atoms with van der Waals surface area (Å²) in [5.41, 5.74) is 2.55. The second kappa shape index (κ2) is 12.5. The zero-order chi connectivity index (χ0) is 25.5. The van der Waals surface area contributed by atoms with E-state index in [0.717, 1.165) is 45.6 Å². The normalized spacial score (nSPS) is 20.2. The molecule has 2 saturated heterocycles. The fourth-order valence-corrected chi connectivity index (χ4v) is 6.16. The number of benzene rings is 2. The molecule has 194 valence electrons. The minimum atomic E-state index is -0.423. The van der Waals surface area contributed by atoms with E-state index in [0.29, 0.717) is 24.4 Å². The maximum Gasteiger partial charge on any atom is 0.264 e. The van der Waals surface area contributed by atoms with Gasteiger partial charge in [0.15, 0.2) is 0 Å². The molecule has 2 aromatic carbocycles. The summed E-state index contributed by atoms with van der Waals surface area (Å²) in [4.78, 5) is 34.5. The van der Waals surface area contributed by atoms with Gasteiger partial charge in [-0.2, -0.15) is 0 Å². The molecule has 3 heterocycles. The van der Waals surface area contributed by atoms with Gasteiger partial charge in [-0.3, -0.25) is 14.5 Å². The Morgan fingerprint density at radius 1 is 0.919 bits per heavy atom. The summed E-state index contributed by atoms with van der Waals surface area (Å²) in [6.45, 7) is 5.42. The lowest BCUT2D eigenvalue weighted by molar-refractivity contribution is -0.135. The highest BCUT2D eigenvalue weighted by molar-refractivity contribution is 7.12. The molecule has 2 aliphatic rings. The molecule has 37 heavy (non-hydrogen) atoms. The van der Waals surface area contributed by atoms with Crippen LogP contribution < -0.4 is 5.32 Å². The van der Waals surface area contributed by atoms with Gasteiger partial charge in [-0.15, -0.1) is 11.3 Å². The Bertz CT molecular complexity index is 1130. The van der Waals surface area contributed by atoms with Crippen molar-refractivity contribution in [2.24, 2.45) is 0 Å². The van der Waals surface area contributed by atoms with Crippen molar-refractivity contribution < 1.29 is 9.59 Å². The lowest BCUT2D eigenvalue weighted by Gasteiger charge is -2.29. The average Bonchev–Trinajstić information content (AvgIpc) is 3.56. The van der Waals surface area contributed by atoms with E-state index in [1.54, 1.807) is 0 Å². The van der Waals surface area contributed by atoms with E-state index in [-0.39, 0.29) is 17.9 Å². The summed E-state index contributed by atoms with van der Waals surface area (Å²) in [5, 5.41) is 5.31. The largest absolute Gasteiger partial charge is 0.340 e. The van der Waals surface area contributed by atoms with Crippen LogP contribution in [0.25, 0.3) is 0 Å². The van der Waals surface area contributed by atoms with Crippen molar-refractivity contribution in [3.63, 3.8) is 0 Å². The van der Waals surface area contributed by atoms with Gasteiger partial charge in [-0.25, -0.2) is 0 Å². The summed E-state index contributed by atoms with van der Waals surface area (Å²) in [6.07, 6.45) is 2.54. The van der Waals surface area contributed by atoms with Crippen molar-refractivity contribution in [1.82, 2.24) is 20.0 Å². The predicted molar refractivity (Wildman–Crippen MR) is 149 cm³/mol. The molecule has 2 amide bonds. The average molecular weight is 517 g/mol. The van der Waals surface area contributed by atoms with Crippen molar-refractivity contribution in [3.05, 3.63) is 94.2 Å². The van der Waals surface area contributed by atoms with Gasteiger partial charge in [0.1, 0.15) is 6.04 Å². The van der Waals surface area contributed by atoms with Gasteiger partial charge >= 0.3 is 0 Å². The van der Waals surface area contributed by atoms with E-state index in [4.69, 9.17) is 0 Å². The van der Waals surface area contributed by atoms with Gasteiger partial charge in [-0.05, 0) is 48.4 Å². The fourth-order valence-electron chi connectivity index (χ4n) is 5.48. The van der Waals surface area contributed by atoms with Gasteiger partial charge in [-0.1, -0.05) is 66.7 Å². The Labute approximate surface area is 223 Å². The molecule has 7 heteroatoms. The summed E-state index contributed by atoms with van der Waals surface area (Å²) in [6, 6.07) is 24.5. The van der Waals surface area contributed by atoms with Crippen LogP contribution in [0.4, 0.5) is 0 Å². The zero-order valence-corrected chi connectivity index (χ0v) is 22.1.